The Morgan fingerprint density at radius 2 is 1.22 bits per heavy atom. The van der Waals surface area contributed by atoms with Crippen LogP contribution in [0.5, 0.6) is 11.5 Å². The second kappa shape index (κ2) is 15.3. The fourth-order valence-electron chi connectivity index (χ4n) is 9.16. The normalized spacial score (nSPS) is 15.7. The average molecular weight is 887 g/mol. The van der Waals surface area contributed by atoms with Crippen molar-refractivity contribution in [1.29, 1.82) is 0 Å². The molecule has 6 nitrogen and oxygen atoms in total. The minimum absolute atomic E-state index is 0.0319. The van der Waals surface area contributed by atoms with Crippen molar-refractivity contribution < 1.29 is 19.8 Å². The van der Waals surface area contributed by atoms with Crippen molar-refractivity contribution in [2.24, 2.45) is 0 Å². The average Bonchev–Trinajstić information content (AvgIpc) is 4.29. The highest BCUT2D eigenvalue weighted by molar-refractivity contribution is 6.16. The molecular formula is C61H57N5O+2. The van der Waals surface area contributed by atoms with Crippen LogP contribution in [0.2, 0.25) is 0 Å². The maximum atomic E-state index is 9.45. The third kappa shape index (κ3) is 7.15. The van der Waals surface area contributed by atoms with E-state index in [1.807, 2.05) is 80.4 Å². The maximum Gasteiger partial charge on any atom is 0.503 e. The van der Waals surface area contributed by atoms with Gasteiger partial charge in [0.1, 0.15) is 17.3 Å². The van der Waals surface area contributed by atoms with Crippen molar-refractivity contribution in [3.05, 3.63) is 186 Å². The van der Waals surface area contributed by atoms with Gasteiger partial charge in [0.2, 0.25) is 11.4 Å². The van der Waals surface area contributed by atoms with E-state index in [1.165, 1.54) is 4.57 Å². The van der Waals surface area contributed by atoms with Crippen molar-refractivity contribution in [1.82, 2.24) is 23.3 Å². The molecule has 3 aromatic heterocycles. The first-order valence-corrected chi connectivity index (χ1v) is 22.6. The molecule has 0 unspecified atom stereocenters. The topological polar surface area (TPSA) is 38.0 Å². The number of fused-ring (bicyclic) bond motifs is 7. The third-order valence-corrected chi connectivity index (χ3v) is 12.7. The summed E-state index contributed by atoms with van der Waals surface area (Å²) in [6.45, 7) is 16.8. The Labute approximate surface area is 408 Å². The summed E-state index contributed by atoms with van der Waals surface area (Å²) in [6, 6.07) is 34.0. The van der Waals surface area contributed by atoms with Gasteiger partial charge in [-0.15, -0.1) is 0 Å². The van der Waals surface area contributed by atoms with Crippen LogP contribution in [0.3, 0.4) is 0 Å². The highest BCUT2D eigenvalue weighted by Crippen LogP contribution is 2.45. The van der Waals surface area contributed by atoms with Crippen LogP contribution in [0.1, 0.15) is 99.6 Å². The molecule has 0 saturated carbocycles. The summed E-state index contributed by atoms with van der Waals surface area (Å²) in [6.07, 6.45) is 1.76. The quantitative estimate of drug-likeness (QED) is 0.156. The van der Waals surface area contributed by atoms with Crippen LogP contribution in [0.4, 0.5) is 22.7 Å². The monoisotopic (exact) mass is 887 g/mol. The van der Waals surface area contributed by atoms with Crippen LogP contribution in [0.15, 0.2) is 164 Å². The van der Waals surface area contributed by atoms with Gasteiger partial charge in [0.25, 0.3) is 5.69 Å². The van der Waals surface area contributed by atoms with Crippen LogP contribution in [0, 0.1) is 6.85 Å². The van der Waals surface area contributed by atoms with E-state index < -0.39 is 55.2 Å². The Morgan fingerprint density at radius 1 is 0.552 bits per heavy atom. The summed E-state index contributed by atoms with van der Waals surface area (Å²) in [4.78, 5) is 4.92. The molecule has 0 spiro atoms. The number of benzene rings is 7. The largest absolute Gasteiger partial charge is 0.503 e. The Kier molecular flexibility index (Phi) is 7.15. The van der Waals surface area contributed by atoms with E-state index in [4.69, 9.17) is 19.3 Å². The zero-order valence-corrected chi connectivity index (χ0v) is 39.1. The molecule has 0 fully saturated rings. The lowest BCUT2D eigenvalue weighted by atomic mass is 9.80. The standard InChI is InChI=1S/C61H57N5O/c1-39-19-17-28-53-58(39)64(44-32-41(60(5,6)7)31-42(33-44)61(8,9)10)38-63(53)43-20-18-21-45(35-43)67-46-36-54(65-50-25-14-11-22-47(50)48-23-12-15-26-51(48)65)57-49-24-13-16-27-52(49)66(55(57)37-46)56-34-40(29-30-62-56)59(2,3)4/h11-37H,1-10H3/q+2/i1D3,11D,12D,14D,15D,22D,23D,25D,26D. The number of aryl methyl sites for hydroxylation is 1. The van der Waals surface area contributed by atoms with Gasteiger partial charge in [0.15, 0.2) is 0 Å². The molecule has 1 aliphatic rings. The zero-order chi connectivity index (χ0) is 56.0. The minimum Gasteiger partial charge on any atom is -0.457 e. The van der Waals surface area contributed by atoms with Crippen molar-refractivity contribution in [2.75, 3.05) is 0 Å². The fraction of sp³-hybridized carbons (Fsp3) is 0.213. The maximum absolute atomic E-state index is 9.45. The number of pyridine rings is 1. The fourth-order valence-corrected chi connectivity index (χ4v) is 9.16. The molecule has 7 aromatic carbocycles. The first kappa shape index (κ1) is 31.4. The summed E-state index contributed by atoms with van der Waals surface area (Å²) in [5.74, 6) is 1.24. The summed E-state index contributed by atoms with van der Waals surface area (Å²) in [5, 5.41) is 1.24. The smallest absolute Gasteiger partial charge is 0.457 e. The summed E-state index contributed by atoms with van der Waals surface area (Å²) < 4.78 is 113. The molecule has 10 aromatic rings. The molecule has 0 radical (unpaired) electrons. The van der Waals surface area contributed by atoms with Gasteiger partial charge >= 0.3 is 11.7 Å². The van der Waals surface area contributed by atoms with Gasteiger partial charge in [-0.2, -0.15) is 0 Å². The van der Waals surface area contributed by atoms with E-state index in [0.717, 1.165) is 33.3 Å². The van der Waals surface area contributed by atoms with Crippen molar-refractivity contribution in [2.45, 2.75) is 85.4 Å². The Bertz CT molecular complexity index is 4200. The third-order valence-electron chi connectivity index (χ3n) is 12.7. The number of aromatic nitrogens is 3. The molecule has 0 bridgehead atoms. The number of hydrogen-bond acceptors (Lipinski definition) is 2. The number of nitrogens with zero attached hydrogens (tertiary/aromatic N) is 5. The minimum atomic E-state index is -2.47. The molecule has 6 heteroatoms. The van der Waals surface area contributed by atoms with E-state index in [2.05, 4.69) is 86.5 Å². The predicted molar refractivity (Wildman–Crippen MR) is 281 cm³/mol. The molecule has 0 aliphatic carbocycles. The number of para-hydroxylation sites is 4. The Balaban J connectivity index is 1.20. The Morgan fingerprint density at radius 3 is 1.91 bits per heavy atom. The SMILES string of the molecule is [2H]c1c([2H])c([2H])c2c(c1[2H])c1c([2H])c([2H])c([2H])c([2H])c1n2-c1cc(Oc2cccc([N+]3=C=[N+](c4cc(C(C)(C)C)cc(C(C)(C)C)c4)c4c3cccc4C([2H])([2H])[2H])c2)cc2c1c1ccccc1n2-c1cc(C(C)(C)C)ccn1. The zero-order valence-electron chi connectivity index (χ0n) is 50.1. The van der Waals surface area contributed by atoms with E-state index in [-0.39, 0.29) is 49.4 Å². The van der Waals surface area contributed by atoms with E-state index in [1.54, 1.807) is 30.5 Å². The lowest BCUT2D eigenvalue weighted by Crippen LogP contribution is -2.17. The lowest BCUT2D eigenvalue weighted by Gasteiger charge is -2.24. The number of ether oxygens (including phenoxy) is 1. The second-order valence-electron chi connectivity index (χ2n) is 20.4. The van der Waals surface area contributed by atoms with E-state index >= 15 is 0 Å². The highest BCUT2D eigenvalue weighted by Gasteiger charge is 2.39. The summed E-state index contributed by atoms with van der Waals surface area (Å²) in [5.41, 5.74) is 6.69. The second-order valence-corrected chi connectivity index (χ2v) is 20.4. The van der Waals surface area contributed by atoms with Crippen LogP contribution in [-0.4, -0.2) is 20.1 Å². The Hall–Kier alpha value is -7.53. The molecule has 0 N–H and O–H groups in total. The van der Waals surface area contributed by atoms with E-state index in [9.17, 15) is 5.48 Å². The first-order valence-electron chi connectivity index (χ1n) is 28.1. The summed E-state index contributed by atoms with van der Waals surface area (Å²) in [7, 11) is 0. The van der Waals surface area contributed by atoms with Gasteiger partial charge in [0, 0.05) is 73.8 Å². The lowest BCUT2D eigenvalue weighted by molar-refractivity contribution is 0.483. The highest BCUT2D eigenvalue weighted by atomic mass is 16.5. The van der Waals surface area contributed by atoms with Crippen LogP contribution < -0.4 is 13.9 Å². The van der Waals surface area contributed by atoms with Crippen molar-refractivity contribution in [3.8, 4) is 23.0 Å². The molecule has 67 heavy (non-hydrogen) atoms. The van der Waals surface area contributed by atoms with E-state index in [0.29, 0.717) is 45.2 Å². The van der Waals surface area contributed by atoms with Gasteiger partial charge in [-0.1, -0.05) is 141 Å². The van der Waals surface area contributed by atoms with Gasteiger partial charge in [-0.05, 0) is 85.3 Å². The predicted octanol–water partition coefficient (Wildman–Crippen LogP) is 16.1. The molecule has 11 rings (SSSR count). The molecule has 0 atom stereocenters. The molecule has 0 amide bonds. The summed E-state index contributed by atoms with van der Waals surface area (Å²) >= 11 is 0. The number of hydrogen-bond donors (Lipinski definition) is 0. The van der Waals surface area contributed by atoms with Gasteiger partial charge in [0.05, 0.1) is 44.8 Å². The number of rotatable bonds is 6. The van der Waals surface area contributed by atoms with Crippen molar-refractivity contribution in [3.63, 3.8) is 0 Å². The molecule has 4 heterocycles. The van der Waals surface area contributed by atoms with Gasteiger partial charge in [-0.3, -0.25) is 4.57 Å². The van der Waals surface area contributed by atoms with Gasteiger partial charge < -0.3 is 9.30 Å². The molecule has 1 aliphatic heterocycles. The van der Waals surface area contributed by atoms with Crippen LogP contribution in [-0.2, 0) is 16.2 Å². The van der Waals surface area contributed by atoms with Gasteiger partial charge in [-0.25, -0.2) is 4.98 Å². The molecule has 330 valence electrons. The molecule has 0 saturated heterocycles. The van der Waals surface area contributed by atoms with Crippen LogP contribution in [0.25, 0.3) is 55.1 Å². The van der Waals surface area contributed by atoms with Crippen LogP contribution >= 0.6 is 0 Å². The molecular weight excluding hydrogens is 819 g/mol. The van der Waals surface area contributed by atoms with Crippen molar-refractivity contribution >= 4 is 72.4 Å². The first-order chi connectivity index (χ1) is 36.6.